The summed E-state index contributed by atoms with van der Waals surface area (Å²) in [4.78, 5) is 36.1. The summed E-state index contributed by atoms with van der Waals surface area (Å²) < 4.78 is 15.8. The minimum absolute atomic E-state index is 0.0134. The third kappa shape index (κ3) is 5.81. The van der Waals surface area contributed by atoms with E-state index in [9.17, 15) is 14.4 Å². The fourth-order valence-electron chi connectivity index (χ4n) is 2.90. The summed E-state index contributed by atoms with van der Waals surface area (Å²) in [6, 6.07) is 14.2. The van der Waals surface area contributed by atoms with Crippen LogP contribution in [-0.4, -0.2) is 37.5 Å². The number of fused-ring (bicyclic) bond motifs is 1. The molecule has 0 saturated carbocycles. The molecule has 1 unspecified atom stereocenters. The molecule has 0 saturated heterocycles. The lowest BCUT2D eigenvalue weighted by molar-refractivity contribution is -0.148. The fraction of sp³-hybridized carbons (Fsp3) is 0.318. The highest BCUT2D eigenvalue weighted by atomic mass is 16.6. The van der Waals surface area contributed by atoms with Gasteiger partial charge in [-0.3, -0.25) is 14.4 Å². The molecule has 1 aliphatic heterocycles. The first-order valence-corrected chi connectivity index (χ1v) is 9.45. The third-order valence-electron chi connectivity index (χ3n) is 4.46. The van der Waals surface area contributed by atoms with E-state index in [2.05, 4.69) is 5.32 Å². The monoisotopic (exact) mass is 397 g/mol. The van der Waals surface area contributed by atoms with Crippen LogP contribution in [0.15, 0.2) is 48.5 Å². The zero-order valence-electron chi connectivity index (χ0n) is 16.2. The maximum absolute atomic E-state index is 12.3. The number of ether oxygens (including phenoxy) is 3. The second-order valence-corrected chi connectivity index (χ2v) is 6.64. The molecule has 1 heterocycles. The lowest BCUT2D eigenvalue weighted by atomic mass is 10.1. The highest BCUT2D eigenvalue weighted by Crippen LogP contribution is 2.31. The summed E-state index contributed by atoms with van der Waals surface area (Å²) in [7, 11) is 0. The summed E-state index contributed by atoms with van der Waals surface area (Å²) in [6.45, 7) is 2.38. The Balaban J connectivity index is 1.40. The molecule has 29 heavy (non-hydrogen) atoms. The van der Waals surface area contributed by atoms with Gasteiger partial charge in [0.15, 0.2) is 23.9 Å². The third-order valence-corrected chi connectivity index (χ3v) is 4.46. The average molecular weight is 397 g/mol. The molecule has 3 rings (SSSR count). The first kappa shape index (κ1) is 20.4. The maximum atomic E-state index is 12.3. The normalized spacial score (nSPS) is 13.3. The number of esters is 1. The molecule has 7 heteroatoms. The summed E-state index contributed by atoms with van der Waals surface area (Å²) in [6.07, 6.45) is -0.116. The minimum atomic E-state index is -0.599. The molecule has 0 aromatic heterocycles. The molecular formula is C22H23NO6. The number of ketones is 1. The first-order chi connectivity index (χ1) is 14.0. The molecule has 1 aliphatic rings. The van der Waals surface area contributed by atoms with E-state index in [1.165, 1.54) is 0 Å². The predicted molar refractivity (Wildman–Crippen MR) is 105 cm³/mol. The van der Waals surface area contributed by atoms with E-state index in [0.29, 0.717) is 30.3 Å². The van der Waals surface area contributed by atoms with Gasteiger partial charge in [-0.2, -0.15) is 0 Å². The lowest BCUT2D eigenvalue weighted by Crippen LogP contribution is -2.31. The van der Waals surface area contributed by atoms with Crippen LogP contribution in [0.25, 0.3) is 0 Å². The second-order valence-electron chi connectivity index (χ2n) is 6.64. The van der Waals surface area contributed by atoms with Crippen molar-refractivity contribution in [1.82, 2.24) is 5.32 Å². The predicted octanol–water partition coefficient (Wildman–Crippen LogP) is 2.84. The van der Waals surface area contributed by atoms with E-state index in [4.69, 9.17) is 14.2 Å². The molecule has 0 aliphatic carbocycles. The van der Waals surface area contributed by atoms with Gasteiger partial charge in [0.05, 0.1) is 12.5 Å². The second kappa shape index (κ2) is 9.73. The highest BCUT2D eigenvalue weighted by molar-refractivity contribution is 5.98. The van der Waals surface area contributed by atoms with Gasteiger partial charge in [-0.15, -0.1) is 0 Å². The zero-order chi connectivity index (χ0) is 20.6. The van der Waals surface area contributed by atoms with Gasteiger partial charge >= 0.3 is 5.97 Å². The molecule has 7 nitrogen and oxygen atoms in total. The van der Waals surface area contributed by atoms with Gasteiger partial charge in [-0.05, 0) is 30.7 Å². The summed E-state index contributed by atoms with van der Waals surface area (Å²) in [5.41, 5.74) is 1.40. The number of nitrogens with one attached hydrogen (secondary N) is 1. The zero-order valence-corrected chi connectivity index (χ0v) is 16.2. The van der Waals surface area contributed by atoms with E-state index in [1.54, 1.807) is 18.2 Å². The van der Waals surface area contributed by atoms with Gasteiger partial charge in [0.25, 0.3) is 5.91 Å². The van der Waals surface area contributed by atoms with Crippen molar-refractivity contribution in [2.24, 2.45) is 0 Å². The van der Waals surface area contributed by atoms with Gasteiger partial charge in [-0.25, -0.2) is 0 Å². The molecule has 2 aromatic rings. The van der Waals surface area contributed by atoms with E-state index in [-0.39, 0.29) is 31.3 Å². The molecule has 0 radical (unpaired) electrons. The van der Waals surface area contributed by atoms with Gasteiger partial charge in [0, 0.05) is 12.0 Å². The van der Waals surface area contributed by atoms with Crippen molar-refractivity contribution in [3.05, 3.63) is 59.7 Å². The number of carbonyl (C=O) groups is 3. The molecule has 0 fully saturated rings. The Hall–Kier alpha value is -3.35. The van der Waals surface area contributed by atoms with Crippen molar-refractivity contribution in [2.75, 3.05) is 19.8 Å². The van der Waals surface area contributed by atoms with Crippen LogP contribution >= 0.6 is 0 Å². The van der Waals surface area contributed by atoms with Crippen molar-refractivity contribution in [3.63, 3.8) is 0 Å². The van der Waals surface area contributed by atoms with E-state index < -0.39 is 11.9 Å². The fourth-order valence-corrected chi connectivity index (χ4v) is 2.90. The van der Waals surface area contributed by atoms with Crippen LogP contribution < -0.4 is 14.8 Å². The van der Waals surface area contributed by atoms with Crippen LogP contribution in [0.3, 0.4) is 0 Å². The van der Waals surface area contributed by atoms with Crippen LogP contribution in [0, 0.1) is 0 Å². The van der Waals surface area contributed by atoms with Crippen molar-refractivity contribution in [3.8, 4) is 11.5 Å². The molecular weight excluding hydrogens is 374 g/mol. The first-order valence-electron chi connectivity index (χ1n) is 9.45. The number of carbonyl (C=O) groups excluding carboxylic acids is 3. The summed E-state index contributed by atoms with van der Waals surface area (Å²) in [5, 5.41) is 2.76. The Bertz CT molecular complexity index is 880. The molecule has 1 atom stereocenters. The van der Waals surface area contributed by atoms with E-state index >= 15 is 0 Å². The number of rotatable bonds is 8. The van der Waals surface area contributed by atoms with Crippen molar-refractivity contribution in [2.45, 2.75) is 25.8 Å². The van der Waals surface area contributed by atoms with Crippen LogP contribution in [0.5, 0.6) is 11.5 Å². The van der Waals surface area contributed by atoms with Gasteiger partial charge in [0.2, 0.25) is 0 Å². The topological polar surface area (TPSA) is 90.9 Å². The van der Waals surface area contributed by atoms with Gasteiger partial charge in [-0.1, -0.05) is 30.3 Å². The van der Waals surface area contributed by atoms with Crippen LogP contribution in [0.4, 0.5) is 0 Å². The molecule has 1 amide bonds. The Kier molecular flexibility index (Phi) is 6.84. The van der Waals surface area contributed by atoms with Crippen LogP contribution in [0.2, 0.25) is 0 Å². The molecule has 152 valence electrons. The maximum Gasteiger partial charge on any atom is 0.306 e. The number of benzene rings is 2. The minimum Gasteiger partial charge on any atom is -0.486 e. The summed E-state index contributed by atoms with van der Waals surface area (Å²) in [5.74, 6) is -0.0795. The van der Waals surface area contributed by atoms with E-state index in [1.807, 2.05) is 37.3 Å². The Morgan fingerprint density at radius 1 is 1.00 bits per heavy atom. The smallest absolute Gasteiger partial charge is 0.306 e. The number of hydrogen-bond acceptors (Lipinski definition) is 6. The Morgan fingerprint density at radius 3 is 2.48 bits per heavy atom. The molecule has 0 bridgehead atoms. The molecule has 2 aromatic carbocycles. The standard InChI is InChI=1S/C22H23NO6/c1-15(16-5-3-2-4-6-16)23-21(25)14-29-22(26)10-8-18(24)17-7-9-19-20(13-17)28-12-11-27-19/h2-7,9,13,15H,8,10-12,14H2,1H3,(H,23,25). The van der Waals surface area contributed by atoms with Crippen molar-refractivity contribution >= 4 is 17.7 Å². The van der Waals surface area contributed by atoms with Crippen LogP contribution in [0.1, 0.15) is 41.7 Å². The highest BCUT2D eigenvalue weighted by Gasteiger charge is 2.17. The summed E-state index contributed by atoms with van der Waals surface area (Å²) >= 11 is 0. The lowest BCUT2D eigenvalue weighted by Gasteiger charge is -2.18. The average Bonchev–Trinajstić information content (AvgIpc) is 2.76. The Morgan fingerprint density at radius 2 is 1.72 bits per heavy atom. The SMILES string of the molecule is CC(NC(=O)COC(=O)CCC(=O)c1ccc2c(c1)OCCO2)c1ccccc1. The molecule has 1 N–H and O–H groups in total. The van der Waals surface area contributed by atoms with Gasteiger partial charge in [0.1, 0.15) is 13.2 Å². The largest absolute Gasteiger partial charge is 0.486 e. The Labute approximate surface area is 169 Å². The van der Waals surface area contributed by atoms with E-state index in [0.717, 1.165) is 5.56 Å². The number of hydrogen-bond donors (Lipinski definition) is 1. The van der Waals surface area contributed by atoms with Crippen molar-refractivity contribution < 1.29 is 28.6 Å². The molecule has 0 spiro atoms. The number of amides is 1. The van der Waals surface area contributed by atoms with Crippen LogP contribution in [-0.2, 0) is 14.3 Å². The van der Waals surface area contributed by atoms with Gasteiger partial charge < -0.3 is 19.5 Å². The quantitative estimate of drug-likeness (QED) is 0.544. The number of Topliss-reactive ketones (excluding diaryl/α,β-unsaturated/α-hetero) is 1. The van der Waals surface area contributed by atoms with Crippen molar-refractivity contribution in [1.29, 1.82) is 0 Å².